The van der Waals surface area contributed by atoms with Crippen LogP contribution in [0.2, 0.25) is 0 Å². The average molecular weight is 393 g/mol. The van der Waals surface area contributed by atoms with Crippen LogP contribution in [-0.2, 0) is 12.8 Å². The first-order valence-corrected chi connectivity index (χ1v) is 9.78. The summed E-state index contributed by atoms with van der Waals surface area (Å²) in [6.07, 6.45) is 5.93. The van der Waals surface area contributed by atoms with Gasteiger partial charge in [-0.3, -0.25) is 14.6 Å². The van der Waals surface area contributed by atoms with E-state index in [9.17, 15) is 9.59 Å². The van der Waals surface area contributed by atoms with Gasteiger partial charge in [0.1, 0.15) is 10.8 Å². The van der Waals surface area contributed by atoms with Gasteiger partial charge in [0.15, 0.2) is 0 Å². The van der Waals surface area contributed by atoms with Crippen LogP contribution < -0.4 is 15.4 Å². The molecule has 0 aliphatic heterocycles. The molecule has 2 N–H and O–H groups in total. The molecule has 2 amide bonds. The molecule has 6 nitrogen and oxygen atoms in total. The maximum atomic E-state index is 13.0. The van der Waals surface area contributed by atoms with Crippen molar-refractivity contribution in [2.75, 3.05) is 17.7 Å². The fourth-order valence-electron chi connectivity index (χ4n) is 3.27. The van der Waals surface area contributed by atoms with Crippen molar-refractivity contribution in [1.82, 2.24) is 4.98 Å². The highest BCUT2D eigenvalue weighted by molar-refractivity contribution is 7.17. The van der Waals surface area contributed by atoms with Crippen LogP contribution in [0.25, 0.3) is 0 Å². The Labute approximate surface area is 166 Å². The Hall–Kier alpha value is -3.19. The molecule has 0 fully saturated rings. The molecule has 1 aromatic carbocycles. The number of aryl methyl sites for hydroxylation is 1. The lowest BCUT2D eigenvalue weighted by Gasteiger charge is -2.10. The van der Waals surface area contributed by atoms with Gasteiger partial charge in [-0.15, -0.1) is 11.3 Å². The van der Waals surface area contributed by atoms with Gasteiger partial charge in [-0.25, -0.2) is 0 Å². The maximum absolute atomic E-state index is 13.0. The summed E-state index contributed by atoms with van der Waals surface area (Å²) in [4.78, 5) is 30.7. The van der Waals surface area contributed by atoms with Crippen LogP contribution in [0.1, 0.15) is 37.6 Å². The first-order valence-electron chi connectivity index (χ1n) is 8.97. The molecule has 1 aliphatic rings. The molecule has 142 valence electrons. The summed E-state index contributed by atoms with van der Waals surface area (Å²) in [7, 11) is 1.60. The number of thiophene rings is 1. The van der Waals surface area contributed by atoms with E-state index in [1.807, 2.05) is 0 Å². The number of hydrogen-bond acceptors (Lipinski definition) is 5. The monoisotopic (exact) mass is 393 g/mol. The minimum Gasteiger partial charge on any atom is -0.497 e. The summed E-state index contributed by atoms with van der Waals surface area (Å²) in [6.45, 7) is 0. The SMILES string of the molecule is COc1ccc(NC(=O)c2c(NC(=O)c3cccnc3)sc3c2CCC3)cc1. The van der Waals surface area contributed by atoms with Gasteiger partial charge < -0.3 is 15.4 Å². The number of aromatic nitrogens is 1. The molecule has 0 atom stereocenters. The van der Waals surface area contributed by atoms with Gasteiger partial charge in [-0.05, 0) is 61.2 Å². The predicted octanol–water partition coefficient (Wildman–Crippen LogP) is 4.15. The molecule has 2 heterocycles. The molecule has 0 unspecified atom stereocenters. The Balaban J connectivity index is 1.60. The molecule has 4 rings (SSSR count). The highest BCUT2D eigenvalue weighted by Gasteiger charge is 2.27. The Morgan fingerprint density at radius 3 is 2.61 bits per heavy atom. The van der Waals surface area contributed by atoms with Gasteiger partial charge in [0.25, 0.3) is 11.8 Å². The Morgan fingerprint density at radius 2 is 1.89 bits per heavy atom. The van der Waals surface area contributed by atoms with Gasteiger partial charge >= 0.3 is 0 Å². The lowest BCUT2D eigenvalue weighted by Crippen LogP contribution is -2.18. The van der Waals surface area contributed by atoms with Gasteiger partial charge in [0.2, 0.25) is 0 Å². The number of ether oxygens (including phenoxy) is 1. The minimum absolute atomic E-state index is 0.217. The van der Waals surface area contributed by atoms with Crippen molar-refractivity contribution < 1.29 is 14.3 Å². The molecule has 0 saturated carbocycles. The smallest absolute Gasteiger partial charge is 0.258 e. The first kappa shape index (κ1) is 18.2. The van der Waals surface area contributed by atoms with E-state index in [2.05, 4.69) is 15.6 Å². The zero-order valence-corrected chi connectivity index (χ0v) is 16.1. The summed E-state index contributed by atoms with van der Waals surface area (Å²) >= 11 is 1.48. The number of nitrogens with one attached hydrogen (secondary N) is 2. The number of amides is 2. The van der Waals surface area contributed by atoms with E-state index in [0.29, 0.717) is 21.8 Å². The van der Waals surface area contributed by atoms with Crippen LogP contribution in [0.3, 0.4) is 0 Å². The predicted molar refractivity (Wildman–Crippen MR) is 109 cm³/mol. The molecule has 7 heteroatoms. The molecule has 28 heavy (non-hydrogen) atoms. The molecule has 0 spiro atoms. The summed E-state index contributed by atoms with van der Waals surface area (Å²) in [5.41, 5.74) is 2.73. The van der Waals surface area contributed by atoms with Crippen molar-refractivity contribution in [2.24, 2.45) is 0 Å². The highest BCUT2D eigenvalue weighted by atomic mass is 32.1. The number of pyridine rings is 1. The number of anilines is 2. The van der Waals surface area contributed by atoms with Crippen LogP contribution in [0, 0.1) is 0 Å². The zero-order valence-electron chi connectivity index (χ0n) is 15.3. The van der Waals surface area contributed by atoms with Gasteiger partial charge in [-0.1, -0.05) is 0 Å². The van der Waals surface area contributed by atoms with Gasteiger partial charge in [0, 0.05) is 23.0 Å². The van der Waals surface area contributed by atoms with Crippen molar-refractivity contribution >= 4 is 33.8 Å². The van der Waals surface area contributed by atoms with E-state index in [1.54, 1.807) is 49.7 Å². The molecule has 2 aromatic heterocycles. The average Bonchev–Trinajstić information content (AvgIpc) is 3.30. The van der Waals surface area contributed by atoms with E-state index in [-0.39, 0.29) is 11.8 Å². The Morgan fingerprint density at radius 1 is 1.07 bits per heavy atom. The highest BCUT2D eigenvalue weighted by Crippen LogP contribution is 2.39. The fraction of sp³-hybridized carbons (Fsp3) is 0.190. The summed E-state index contributed by atoms with van der Waals surface area (Å²) in [5, 5.41) is 6.41. The van der Waals surface area contributed by atoms with Gasteiger partial charge in [-0.2, -0.15) is 0 Å². The summed E-state index contributed by atoms with van der Waals surface area (Å²) < 4.78 is 5.15. The molecule has 3 aromatic rings. The van der Waals surface area contributed by atoms with Crippen LogP contribution in [-0.4, -0.2) is 23.9 Å². The summed E-state index contributed by atoms with van der Waals surface area (Å²) in [5.74, 6) is 0.233. The topological polar surface area (TPSA) is 80.3 Å². The number of hydrogen-bond donors (Lipinski definition) is 2. The second kappa shape index (κ2) is 7.82. The van der Waals surface area contributed by atoms with Crippen molar-refractivity contribution in [3.05, 3.63) is 70.4 Å². The van der Waals surface area contributed by atoms with Crippen LogP contribution in [0.15, 0.2) is 48.8 Å². The summed E-state index contributed by atoms with van der Waals surface area (Å²) in [6, 6.07) is 10.6. The largest absolute Gasteiger partial charge is 0.497 e. The van der Waals surface area contributed by atoms with Crippen molar-refractivity contribution in [1.29, 1.82) is 0 Å². The van der Waals surface area contributed by atoms with E-state index in [4.69, 9.17) is 4.74 Å². The number of benzene rings is 1. The van der Waals surface area contributed by atoms with E-state index >= 15 is 0 Å². The normalized spacial score (nSPS) is 12.3. The van der Waals surface area contributed by atoms with Crippen LogP contribution >= 0.6 is 11.3 Å². The lowest BCUT2D eigenvalue weighted by atomic mass is 10.1. The molecule has 0 radical (unpaired) electrons. The quantitative estimate of drug-likeness (QED) is 0.683. The second-order valence-corrected chi connectivity index (χ2v) is 7.55. The Kier molecular flexibility index (Phi) is 5.08. The van der Waals surface area contributed by atoms with Crippen molar-refractivity contribution in [2.45, 2.75) is 19.3 Å². The number of fused-ring (bicyclic) bond motifs is 1. The number of rotatable bonds is 5. The third kappa shape index (κ3) is 3.61. The zero-order chi connectivity index (χ0) is 19.5. The van der Waals surface area contributed by atoms with Crippen LogP contribution in [0.4, 0.5) is 10.7 Å². The van der Waals surface area contributed by atoms with Crippen molar-refractivity contribution in [3.8, 4) is 5.75 Å². The van der Waals surface area contributed by atoms with E-state index in [0.717, 1.165) is 30.6 Å². The molecular weight excluding hydrogens is 374 g/mol. The molecular formula is C21H19N3O3S. The number of nitrogens with zero attached hydrogens (tertiary/aromatic N) is 1. The molecule has 0 bridgehead atoms. The van der Waals surface area contributed by atoms with E-state index < -0.39 is 0 Å². The minimum atomic E-state index is -0.272. The molecule has 1 aliphatic carbocycles. The van der Waals surface area contributed by atoms with E-state index in [1.165, 1.54) is 22.4 Å². The maximum Gasteiger partial charge on any atom is 0.258 e. The standard InChI is InChI=1S/C21H19N3O3S/c1-27-15-9-7-14(8-10-15)23-20(26)18-16-5-2-6-17(16)28-21(18)24-19(25)13-4-3-11-22-12-13/h3-4,7-12H,2,5-6H2,1H3,(H,23,26)(H,24,25). The van der Waals surface area contributed by atoms with Crippen LogP contribution in [0.5, 0.6) is 5.75 Å². The molecule has 0 saturated heterocycles. The second-order valence-electron chi connectivity index (χ2n) is 6.44. The lowest BCUT2D eigenvalue weighted by molar-refractivity contribution is 0.102. The van der Waals surface area contributed by atoms with Gasteiger partial charge in [0.05, 0.1) is 18.2 Å². The number of methoxy groups -OCH3 is 1. The van der Waals surface area contributed by atoms with Crippen molar-refractivity contribution in [3.63, 3.8) is 0 Å². The number of carbonyl (C=O) groups excluding carboxylic acids is 2. The third-order valence-corrected chi connectivity index (χ3v) is 5.85. The fourth-order valence-corrected chi connectivity index (χ4v) is 4.55. The number of carbonyl (C=O) groups is 2. The Bertz CT molecular complexity index is 1010. The first-order chi connectivity index (χ1) is 13.7. The third-order valence-electron chi connectivity index (χ3n) is 4.65.